The van der Waals surface area contributed by atoms with Gasteiger partial charge >= 0.3 is 0 Å². The number of allylic oxidation sites excluding steroid dienone is 2. The van der Waals surface area contributed by atoms with Gasteiger partial charge in [-0.15, -0.1) is 0 Å². The number of hydrogen-bond acceptors (Lipinski definition) is 0. The van der Waals surface area contributed by atoms with E-state index in [1.165, 1.54) is 5.57 Å². The van der Waals surface area contributed by atoms with Crippen LogP contribution in [0.15, 0.2) is 11.6 Å². The van der Waals surface area contributed by atoms with Crippen molar-refractivity contribution in [2.24, 2.45) is 0 Å². The average molecular weight is 115 g/mol. The summed E-state index contributed by atoms with van der Waals surface area (Å²) < 4.78 is 0. The summed E-state index contributed by atoms with van der Waals surface area (Å²) in [6, 6.07) is 0. The molecule has 1 radical (unpaired) electrons. The molecule has 0 fully saturated rings. The van der Waals surface area contributed by atoms with Gasteiger partial charge in [0, 0.05) is 5.75 Å². The van der Waals surface area contributed by atoms with Crippen molar-refractivity contribution in [2.45, 2.75) is 20.3 Å². The fourth-order valence-electron chi connectivity index (χ4n) is 0.305. The van der Waals surface area contributed by atoms with E-state index >= 15 is 0 Å². The van der Waals surface area contributed by atoms with Crippen LogP contribution in [0.25, 0.3) is 0 Å². The third kappa shape index (κ3) is 3.93. The monoisotopic (exact) mass is 115 g/mol. The van der Waals surface area contributed by atoms with Crippen LogP contribution in [0.5, 0.6) is 0 Å². The van der Waals surface area contributed by atoms with E-state index in [4.69, 9.17) is 12.6 Å². The van der Waals surface area contributed by atoms with Crippen LogP contribution in [0.1, 0.15) is 20.3 Å². The van der Waals surface area contributed by atoms with Crippen LogP contribution < -0.4 is 0 Å². The summed E-state index contributed by atoms with van der Waals surface area (Å²) >= 11 is 4.75. The predicted molar refractivity (Wildman–Crippen MR) is 36.5 cm³/mol. The van der Waals surface area contributed by atoms with Crippen molar-refractivity contribution >= 4 is 12.6 Å². The van der Waals surface area contributed by atoms with Crippen molar-refractivity contribution in [1.29, 1.82) is 0 Å². The Labute approximate surface area is 51.0 Å². The van der Waals surface area contributed by atoms with E-state index in [2.05, 4.69) is 13.0 Å². The zero-order valence-electron chi connectivity index (χ0n) is 4.90. The molecule has 1 heteroatoms. The van der Waals surface area contributed by atoms with Crippen LogP contribution in [-0.4, -0.2) is 5.75 Å². The van der Waals surface area contributed by atoms with E-state index in [9.17, 15) is 0 Å². The second kappa shape index (κ2) is 4.25. The predicted octanol–water partition coefficient (Wildman–Crippen LogP) is 2.54. The number of rotatable bonds is 2. The molecule has 0 aromatic carbocycles. The molecule has 0 nitrogen and oxygen atoms in total. The maximum absolute atomic E-state index is 4.75. The summed E-state index contributed by atoms with van der Waals surface area (Å²) in [5, 5.41) is 0. The van der Waals surface area contributed by atoms with E-state index < -0.39 is 0 Å². The molecule has 0 aliphatic carbocycles. The van der Waals surface area contributed by atoms with Crippen LogP contribution in [-0.2, 0) is 0 Å². The van der Waals surface area contributed by atoms with Gasteiger partial charge in [0.05, 0.1) is 0 Å². The highest BCUT2D eigenvalue weighted by atomic mass is 32.1. The summed E-state index contributed by atoms with van der Waals surface area (Å²) in [7, 11) is 0. The fraction of sp³-hybridized carbons (Fsp3) is 0.667. The topological polar surface area (TPSA) is 0 Å². The van der Waals surface area contributed by atoms with Crippen LogP contribution in [0, 0.1) is 0 Å². The molecule has 41 valence electrons. The van der Waals surface area contributed by atoms with Crippen LogP contribution >= 0.6 is 12.6 Å². The Kier molecular flexibility index (Phi) is 4.31. The van der Waals surface area contributed by atoms with Gasteiger partial charge in [-0.3, -0.25) is 0 Å². The quantitative estimate of drug-likeness (QED) is 0.485. The highest BCUT2D eigenvalue weighted by Crippen LogP contribution is 1.98. The maximum Gasteiger partial charge on any atom is 0.00741 e. The van der Waals surface area contributed by atoms with Gasteiger partial charge in [-0.25, -0.2) is 0 Å². The van der Waals surface area contributed by atoms with Crippen LogP contribution in [0.3, 0.4) is 0 Å². The lowest BCUT2D eigenvalue weighted by Crippen LogP contribution is -1.74. The molecule has 0 amide bonds. The Morgan fingerprint density at radius 1 is 1.71 bits per heavy atom. The first-order valence-electron chi connectivity index (χ1n) is 2.51. The van der Waals surface area contributed by atoms with Gasteiger partial charge in [0.15, 0.2) is 0 Å². The maximum atomic E-state index is 4.75. The minimum atomic E-state index is 0.857. The normalized spacial score (nSPS) is 12.1. The van der Waals surface area contributed by atoms with Crippen molar-refractivity contribution in [3.63, 3.8) is 0 Å². The van der Waals surface area contributed by atoms with Gasteiger partial charge in [-0.2, -0.15) is 0 Å². The Hall–Kier alpha value is 0.0900. The van der Waals surface area contributed by atoms with Crippen molar-refractivity contribution in [3.05, 3.63) is 11.6 Å². The molecule has 0 aliphatic heterocycles. The van der Waals surface area contributed by atoms with E-state index in [1.54, 1.807) is 0 Å². The average Bonchev–Trinajstić information content (AvgIpc) is 1.68. The van der Waals surface area contributed by atoms with E-state index in [0.717, 1.165) is 12.2 Å². The second-order valence-electron chi connectivity index (χ2n) is 1.59. The molecule has 0 aliphatic rings. The first-order chi connectivity index (χ1) is 3.31. The molecule has 0 atom stereocenters. The highest BCUT2D eigenvalue weighted by Gasteiger charge is 1.80. The number of hydrogen-bond donors (Lipinski definition) is 0. The molecule has 0 aromatic heterocycles. The Bertz CT molecular complexity index is 64.6. The van der Waals surface area contributed by atoms with Gasteiger partial charge in [-0.1, -0.05) is 24.3 Å². The summed E-state index contributed by atoms with van der Waals surface area (Å²) in [5.41, 5.74) is 1.40. The van der Waals surface area contributed by atoms with Gasteiger partial charge < -0.3 is 0 Å². The molecular weight excluding hydrogens is 104 g/mol. The van der Waals surface area contributed by atoms with Crippen molar-refractivity contribution in [3.8, 4) is 0 Å². The lowest BCUT2D eigenvalue weighted by molar-refractivity contribution is 1.11. The smallest absolute Gasteiger partial charge is 0.00741 e. The van der Waals surface area contributed by atoms with E-state index in [1.807, 2.05) is 6.92 Å². The molecule has 7 heavy (non-hydrogen) atoms. The first-order valence-corrected chi connectivity index (χ1v) is 3.09. The van der Waals surface area contributed by atoms with Crippen LogP contribution in [0.4, 0.5) is 0 Å². The third-order valence-corrected chi connectivity index (χ3v) is 1.19. The largest absolute Gasteiger partial charge is 0.0938 e. The van der Waals surface area contributed by atoms with E-state index in [0.29, 0.717) is 0 Å². The lowest BCUT2D eigenvalue weighted by atomic mass is 10.2. The fourth-order valence-corrected chi connectivity index (χ4v) is 0.627. The van der Waals surface area contributed by atoms with Crippen molar-refractivity contribution < 1.29 is 0 Å². The summed E-state index contributed by atoms with van der Waals surface area (Å²) in [4.78, 5) is 0. The van der Waals surface area contributed by atoms with Crippen molar-refractivity contribution in [1.82, 2.24) is 0 Å². The summed E-state index contributed by atoms with van der Waals surface area (Å²) in [5.74, 6) is 0.857. The Morgan fingerprint density at radius 3 is 2.43 bits per heavy atom. The minimum absolute atomic E-state index is 0.857. The Balaban J connectivity index is 3.17. The zero-order valence-corrected chi connectivity index (χ0v) is 5.72. The molecular formula is C6H11S. The lowest BCUT2D eigenvalue weighted by Gasteiger charge is -1.89. The molecule has 0 rings (SSSR count). The summed E-state index contributed by atoms with van der Waals surface area (Å²) in [6.07, 6.45) is 3.18. The van der Waals surface area contributed by atoms with Crippen molar-refractivity contribution in [2.75, 3.05) is 5.75 Å². The van der Waals surface area contributed by atoms with Gasteiger partial charge in [0.2, 0.25) is 0 Å². The summed E-state index contributed by atoms with van der Waals surface area (Å²) in [6.45, 7) is 4.15. The molecule has 0 spiro atoms. The molecule has 0 aromatic rings. The molecule has 0 saturated carbocycles. The van der Waals surface area contributed by atoms with Crippen LogP contribution in [0.2, 0.25) is 0 Å². The highest BCUT2D eigenvalue weighted by molar-refractivity contribution is 7.80. The van der Waals surface area contributed by atoms with Gasteiger partial charge in [0.25, 0.3) is 0 Å². The SMILES string of the molecule is CC=C(C)CC[S]. The molecule has 0 N–H and O–H groups in total. The van der Waals surface area contributed by atoms with Gasteiger partial charge in [0.1, 0.15) is 0 Å². The third-order valence-electron chi connectivity index (χ3n) is 0.989. The molecule has 0 saturated heterocycles. The van der Waals surface area contributed by atoms with E-state index in [-0.39, 0.29) is 0 Å². The molecule has 0 bridgehead atoms. The van der Waals surface area contributed by atoms with Gasteiger partial charge in [-0.05, 0) is 20.3 Å². The minimum Gasteiger partial charge on any atom is -0.0938 e. The second-order valence-corrected chi connectivity index (χ2v) is 2.00. The Morgan fingerprint density at radius 2 is 2.29 bits per heavy atom. The molecule has 0 unspecified atom stereocenters. The first kappa shape index (κ1) is 7.09. The standard InChI is InChI=1S/C6H11S/c1-3-6(2)4-5-7/h3H,4-5H2,1-2H3. The zero-order chi connectivity index (χ0) is 5.70. The molecule has 0 heterocycles.